The minimum Gasteiger partial charge on any atom is -0.0615 e. The molecule has 0 bridgehead atoms. The van der Waals surface area contributed by atoms with Gasteiger partial charge in [0, 0.05) is 33.4 Å². The SMILES string of the molecule is Cc1cc(C#Cc2c(C#Cc3cc(C)c(C)c(C)c3)c(C#Cc3cc(C)c(C)c(C)c3)c(C#Cc3cc(C)c(C)c(C)c3)c(C#Cc3cc(C)c(C)c(C)c3)c2C#Cc2cc(C)c(C)c(C)c2)cc(C)c1C. The van der Waals surface area contributed by atoms with E-state index in [0.29, 0.717) is 33.4 Å². The maximum atomic E-state index is 3.72. The standard InChI is InChI=1S/C72H66/c1-43-31-61(32-44(2)55(43)13)19-25-67-68(26-20-62-33-45(3)56(14)46(4)34-62)70(28-22-64-37-49(7)58(16)50(8)38-64)72(30-24-66-41-53(11)60(18)54(12)42-66)71(29-23-65-39-51(9)59(17)52(10)40-65)69(67)27-21-63-35-47(5)57(15)48(6)36-63/h31-42H,1-18H3. The Morgan fingerprint density at radius 2 is 0.250 bits per heavy atom. The number of benzene rings is 7. The van der Waals surface area contributed by atoms with Crippen molar-refractivity contribution in [3.63, 3.8) is 0 Å². The summed E-state index contributed by atoms with van der Waals surface area (Å²) in [6.07, 6.45) is 0. The van der Waals surface area contributed by atoms with E-state index in [0.717, 1.165) is 33.4 Å². The minimum absolute atomic E-state index is 0.667. The van der Waals surface area contributed by atoms with Crippen LogP contribution >= 0.6 is 0 Å². The van der Waals surface area contributed by atoms with Gasteiger partial charge in [0.15, 0.2) is 0 Å². The second kappa shape index (κ2) is 21.5. The Morgan fingerprint density at radius 3 is 0.347 bits per heavy atom. The average molecular weight is 931 g/mol. The summed E-state index contributed by atoms with van der Waals surface area (Å²) in [6.45, 7) is 38.7. The average Bonchev–Trinajstić information content (AvgIpc) is 3.32. The van der Waals surface area contributed by atoms with Gasteiger partial charge in [0.25, 0.3) is 0 Å². The molecule has 0 amide bonds. The normalized spacial score (nSPS) is 10.2. The monoisotopic (exact) mass is 931 g/mol. The van der Waals surface area contributed by atoms with Crippen molar-refractivity contribution in [2.24, 2.45) is 0 Å². The zero-order valence-corrected chi connectivity index (χ0v) is 45.9. The molecule has 0 radical (unpaired) electrons. The summed E-state index contributed by atoms with van der Waals surface area (Å²) in [7, 11) is 0. The van der Waals surface area contributed by atoms with Gasteiger partial charge in [0.1, 0.15) is 0 Å². The van der Waals surface area contributed by atoms with Crippen LogP contribution in [0.1, 0.15) is 167 Å². The van der Waals surface area contributed by atoms with E-state index in [1.54, 1.807) is 0 Å². The van der Waals surface area contributed by atoms with Crippen LogP contribution in [0.15, 0.2) is 72.8 Å². The quantitative estimate of drug-likeness (QED) is 0.133. The Morgan fingerprint density at radius 1 is 0.153 bits per heavy atom. The largest absolute Gasteiger partial charge is 0.0615 e. The molecule has 0 atom stereocenters. The predicted molar refractivity (Wildman–Crippen MR) is 306 cm³/mol. The summed E-state index contributed by atoms with van der Waals surface area (Å²) in [6, 6.07) is 26.0. The lowest BCUT2D eigenvalue weighted by Crippen LogP contribution is -2.05. The van der Waals surface area contributed by atoms with Crippen LogP contribution in [-0.2, 0) is 0 Å². The smallest absolute Gasteiger partial charge is 0.0588 e. The van der Waals surface area contributed by atoms with Crippen LogP contribution in [0.5, 0.6) is 0 Å². The Labute approximate surface area is 433 Å². The number of rotatable bonds is 0. The van der Waals surface area contributed by atoms with E-state index in [-0.39, 0.29) is 0 Å². The second-order valence-corrected chi connectivity index (χ2v) is 20.2. The first-order chi connectivity index (χ1) is 34.1. The highest BCUT2D eigenvalue weighted by Crippen LogP contribution is 2.30. The first kappa shape index (κ1) is 51.7. The third kappa shape index (κ3) is 11.4. The van der Waals surface area contributed by atoms with Crippen molar-refractivity contribution in [3.05, 3.63) is 240 Å². The molecule has 0 unspecified atom stereocenters. The molecule has 0 aliphatic rings. The van der Waals surface area contributed by atoms with Gasteiger partial charge in [-0.1, -0.05) is 71.0 Å². The van der Waals surface area contributed by atoms with Crippen LogP contribution in [0.2, 0.25) is 0 Å². The van der Waals surface area contributed by atoms with E-state index >= 15 is 0 Å². The van der Waals surface area contributed by atoms with Crippen LogP contribution < -0.4 is 0 Å². The summed E-state index contributed by atoms with van der Waals surface area (Å²) in [4.78, 5) is 0. The third-order valence-electron chi connectivity index (χ3n) is 15.1. The van der Waals surface area contributed by atoms with Crippen LogP contribution in [0.4, 0.5) is 0 Å². The summed E-state index contributed by atoms with van der Waals surface area (Å²) in [5, 5.41) is 0. The number of hydrogen-bond donors (Lipinski definition) is 0. The molecule has 0 nitrogen and oxygen atoms in total. The Bertz CT molecular complexity index is 3020. The van der Waals surface area contributed by atoms with E-state index in [4.69, 9.17) is 0 Å². The lowest BCUT2D eigenvalue weighted by atomic mass is 9.86. The topological polar surface area (TPSA) is 0 Å². The van der Waals surface area contributed by atoms with Gasteiger partial charge in [-0.15, -0.1) is 0 Å². The number of aryl methyl sites for hydroxylation is 12. The van der Waals surface area contributed by atoms with Crippen molar-refractivity contribution in [3.8, 4) is 71.0 Å². The van der Waals surface area contributed by atoms with E-state index in [1.807, 2.05) is 0 Å². The summed E-state index contributed by atoms with van der Waals surface area (Å²) >= 11 is 0. The van der Waals surface area contributed by atoms with Gasteiger partial charge in [-0.25, -0.2) is 0 Å². The van der Waals surface area contributed by atoms with E-state index in [2.05, 4.69) is 268 Å². The number of hydrogen-bond acceptors (Lipinski definition) is 0. The summed E-state index contributed by atoms with van der Waals surface area (Å²) in [5.74, 6) is 44.0. The molecule has 0 aliphatic carbocycles. The zero-order valence-electron chi connectivity index (χ0n) is 45.9. The van der Waals surface area contributed by atoms with Crippen molar-refractivity contribution in [1.82, 2.24) is 0 Å². The molecule has 0 spiro atoms. The van der Waals surface area contributed by atoms with Crippen molar-refractivity contribution in [2.75, 3.05) is 0 Å². The summed E-state index contributed by atoms with van der Waals surface area (Å²) < 4.78 is 0. The molecule has 0 heterocycles. The van der Waals surface area contributed by atoms with E-state index in [1.165, 1.54) is 100 Å². The van der Waals surface area contributed by atoms with Crippen LogP contribution in [0.25, 0.3) is 0 Å². The molecule has 0 aliphatic heterocycles. The second-order valence-electron chi connectivity index (χ2n) is 20.2. The van der Waals surface area contributed by atoms with Gasteiger partial charge in [0.2, 0.25) is 0 Å². The highest BCUT2D eigenvalue weighted by molar-refractivity contribution is 5.79. The lowest BCUT2D eigenvalue weighted by Gasteiger charge is -2.13. The van der Waals surface area contributed by atoms with Crippen molar-refractivity contribution in [2.45, 2.75) is 125 Å². The van der Waals surface area contributed by atoms with Gasteiger partial charge < -0.3 is 0 Å². The fraction of sp³-hybridized carbons (Fsp3) is 0.250. The van der Waals surface area contributed by atoms with Crippen molar-refractivity contribution >= 4 is 0 Å². The van der Waals surface area contributed by atoms with Crippen molar-refractivity contribution < 1.29 is 0 Å². The van der Waals surface area contributed by atoms with Crippen molar-refractivity contribution in [1.29, 1.82) is 0 Å². The molecule has 7 rings (SSSR count). The van der Waals surface area contributed by atoms with Crippen LogP contribution in [-0.4, -0.2) is 0 Å². The molecule has 0 heteroatoms. The van der Waals surface area contributed by atoms with E-state index in [9.17, 15) is 0 Å². The summed E-state index contributed by atoms with van der Waals surface area (Å²) in [5.41, 5.74) is 31.2. The Kier molecular flexibility index (Phi) is 15.4. The fourth-order valence-corrected chi connectivity index (χ4v) is 8.96. The molecule has 7 aromatic carbocycles. The first-order valence-electron chi connectivity index (χ1n) is 24.9. The van der Waals surface area contributed by atoms with Gasteiger partial charge in [-0.3, -0.25) is 0 Å². The third-order valence-corrected chi connectivity index (χ3v) is 15.1. The van der Waals surface area contributed by atoms with Gasteiger partial charge in [-0.2, -0.15) is 0 Å². The molecule has 0 saturated heterocycles. The highest BCUT2D eigenvalue weighted by atomic mass is 14.2. The van der Waals surface area contributed by atoms with Gasteiger partial charge in [-0.05, 0) is 298 Å². The lowest BCUT2D eigenvalue weighted by molar-refractivity contribution is 1.26. The molecule has 354 valence electrons. The molecular weight excluding hydrogens is 865 g/mol. The Balaban J connectivity index is 1.76. The highest BCUT2D eigenvalue weighted by Gasteiger charge is 2.21. The predicted octanol–water partition coefficient (Wildman–Crippen LogP) is 15.6. The minimum atomic E-state index is 0.667. The molecular formula is C72H66. The van der Waals surface area contributed by atoms with Crippen LogP contribution in [0.3, 0.4) is 0 Å². The van der Waals surface area contributed by atoms with Gasteiger partial charge in [0.05, 0.1) is 33.4 Å². The van der Waals surface area contributed by atoms with Gasteiger partial charge >= 0.3 is 0 Å². The maximum Gasteiger partial charge on any atom is 0.0588 e. The molecule has 0 fully saturated rings. The first-order valence-corrected chi connectivity index (χ1v) is 24.9. The zero-order chi connectivity index (χ0) is 52.3. The molecule has 7 aromatic rings. The fourth-order valence-electron chi connectivity index (χ4n) is 8.96. The molecule has 0 N–H and O–H groups in total. The molecule has 72 heavy (non-hydrogen) atoms. The Hall–Kier alpha value is -8.10. The molecule has 0 saturated carbocycles. The van der Waals surface area contributed by atoms with E-state index < -0.39 is 0 Å². The van der Waals surface area contributed by atoms with Crippen LogP contribution in [0, 0.1) is 196 Å². The maximum absolute atomic E-state index is 3.72. The molecule has 0 aromatic heterocycles.